The number of fused-ring (bicyclic) bond motifs is 1. The van der Waals surface area contributed by atoms with E-state index in [0.29, 0.717) is 6.04 Å². The number of rotatable bonds is 3. The van der Waals surface area contributed by atoms with Crippen LogP contribution in [0.2, 0.25) is 0 Å². The Labute approximate surface area is 120 Å². The topological polar surface area (TPSA) is 28.2 Å². The molecular weight excluding hydrogens is 254 g/mol. The minimum absolute atomic E-state index is 0.485. The number of piperidine rings is 1. The second kappa shape index (κ2) is 5.80. The Kier molecular flexibility index (Phi) is 4.08. The van der Waals surface area contributed by atoms with Gasteiger partial charge in [-0.25, -0.2) is 4.98 Å². The van der Waals surface area contributed by atoms with E-state index < -0.39 is 0 Å². The average molecular weight is 279 g/mol. The Bertz CT molecular complexity index is 429. The summed E-state index contributed by atoms with van der Waals surface area (Å²) in [5.41, 5.74) is 1.34. The quantitative estimate of drug-likeness (QED) is 0.917. The molecule has 1 fully saturated rings. The summed E-state index contributed by atoms with van der Waals surface area (Å²) in [5, 5.41) is 4.72. The Balaban J connectivity index is 1.87. The zero-order valence-electron chi connectivity index (χ0n) is 12.1. The molecule has 1 aliphatic heterocycles. The molecule has 2 aliphatic rings. The molecule has 0 saturated carbocycles. The number of hydrogen-bond donors (Lipinski definition) is 1. The fourth-order valence-corrected chi connectivity index (χ4v) is 4.75. The number of hydrogen-bond acceptors (Lipinski definition) is 4. The van der Waals surface area contributed by atoms with Crippen LogP contribution < -0.4 is 10.2 Å². The standard InChI is InChI=1S/C15H25N3S/c1-3-11-7-4-5-10-18(11)15-17-14-12(16-2)8-6-9-13(14)19-15/h11-12,16H,3-10H2,1-2H3. The summed E-state index contributed by atoms with van der Waals surface area (Å²) in [6.45, 7) is 3.52. The van der Waals surface area contributed by atoms with Gasteiger partial charge in [-0.15, -0.1) is 11.3 Å². The van der Waals surface area contributed by atoms with Crippen LogP contribution >= 0.6 is 11.3 Å². The average Bonchev–Trinajstić information content (AvgIpc) is 2.90. The normalized spacial score (nSPS) is 27.4. The molecule has 1 aromatic heterocycles. The van der Waals surface area contributed by atoms with Crippen molar-refractivity contribution in [3.05, 3.63) is 10.6 Å². The van der Waals surface area contributed by atoms with E-state index in [4.69, 9.17) is 4.98 Å². The predicted molar refractivity (Wildman–Crippen MR) is 82.1 cm³/mol. The van der Waals surface area contributed by atoms with Gasteiger partial charge in [0.05, 0.1) is 11.7 Å². The SMILES string of the molecule is CCC1CCCCN1c1nc2c(s1)CCCC2NC. The van der Waals surface area contributed by atoms with Crippen LogP contribution in [0.1, 0.15) is 62.1 Å². The maximum atomic E-state index is 5.01. The van der Waals surface area contributed by atoms with Gasteiger partial charge in [-0.2, -0.15) is 0 Å². The van der Waals surface area contributed by atoms with E-state index >= 15 is 0 Å². The van der Waals surface area contributed by atoms with E-state index in [9.17, 15) is 0 Å². The summed E-state index contributed by atoms with van der Waals surface area (Å²) in [4.78, 5) is 9.12. The van der Waals surface area contributed by atoms with Gasteiger partial charge >= 0.3 is 0 Å². The maximum Gasteiger partial charge on any atom is 0.186 e. The molecule has 3 nitrogen and oxygen atoms in total. The van der Waals surface area contributed by atoms with Gasteiger partial charge in [-0.05, 0) is 52.0 Å². The molecule has 1 N–H and O–H groups in total. The first-order chi connectivity index (χ1) is 9.33. The number of nitrogens with zero attached hydrogens (tertiary/aromatic N) is 2. The van der Waals surface area contributed by atoms with Crippen LogP contribution in [-0.4, -0.2) is 24.6 Å². The number of thiazole rings is 1. The van der Waals surface area contributed by atoms with Crippen molar-refractivity contribution in [3.63, 3.8) is 0 Å². The molecule has 2 heterocycles. The minimum atomic E-state index is 0.485. The third kappa shape index (κ3) is 2.52. The molecule has 0 spiro atoms. The van der Waals surface area contributed by atoms with E-state index in [0.717, 1.165) is 6.04 Å². The van der Waals surface area contributed by atoms with Crippen LogP contribution in [0.15, 0.2) is 0 Å². The highest BCUT2D eigenvalue weighted by atomic mass is 32.1. The molecule has 0 radical (unpaired) electrons. The fourth-order valence-electron chi connectivity index (χ4n) is 3.49. The van der Waals surface area contributed by atoms with Crippen LogP contribution in [0.4, 0.5) is 5.13 Å². The van der Waals surface area contributed by atoms with Gasteiger partial charge in [0.2, 0.25) is 0 Å². The largest absolute Gasteiger partial charge is 0.345 e. The van der Waals surface area contributed by atoms with E-state index in [2.05, 4.69) is 24.2 Å². The van der Waals surface area contributed by atoms with E-state index in [-0.39, 0.29) is 0 Å². The lowest BCUT2D eigenvalue weighted by Crippen LogP contribution is -2.39. The first kappa shape index (κ1) is 13.4. The van der Waals surface area contributed by atoms with Crippen molar-refractivity contribution < 1.29 is 0 Å². The molecule has 0 bridgehead atoms. The molecular formula is C15H25N3S. The van der Waals surface area contributed by atoms with E-state index in [1.54, 1.807) is 0 Å². The maximum absolute atomic E-state index is 5.01. The zero-order chi connectivity index (χ0) is 13.2. The molecule has 1 saturated heterocycles. The molecule has 1 aromatic rings. The second-order valence-corrected chi connectivity index (χ2v) is 6.85. The van der Waals surface area contributed by atoms with Gasteiger partial charge in [0.1, 0.15) is 0 Å². The molecule has 0 aromatic carbocycles. The summed E-state index contributed by atoms with van der Waals surface area (Å²) in [5.74, 6) is 0. The van der Waals surface area contributed by atoms with Crippen LogP contribution in [0.25, 0.3) is 0 Å². The zero-order valence-corrected chi connectivity index (χ0v) is 12.9. The lowest BCUT2D eigenvalue weighted by molar-refractivity contribution is 0.447. The van der Waals surface area contributed by atoms with Gasteiger partial charge in [-0.3, -0.25) is 0 Å². The first-order valence-corrected chi connectivity index (χ1v) is 8.58. The monoisotopic (exact) mass is 279 g/mol. The Morgan fingerprint density at radius 1 is 1.32 bits per heavy atom. The summed E-state index contributed by atoms with van der Waals surface area (Å²) in [6.07, 6.45) is 9.09. The van der Waals surface area contributed by atoms with Crippen molar-refractivity contribution in [1.29, 1.82) is 0 Å². The molecule has 2 unspecified atom stereocenters. The van der Waals surface area contributed by atoms with Crippen molar-refractivity contribution in [2.45, 2.75) is 64.0 Å². The summed E-state index contributed by atoms with van der Waals surface area (Å²) < 4.78 is 0. The minimum Gasteiger partial charge on any atom is -0.345 e. The van der Waals surface area contributed by atoms with Crippen molar-refractivity contribution in [3.8, 4) is 0 Å². The summed E-state index contributed by atoms with van der Waals surface area (Å²) in [6, 6.07) is 1.20. The van der Waals surface area contributed by atoms with E-state index in [1.807, 2.05) is 11.3 Å². The predicted octanol–water partition coefficient (Wildman–Crippen LogP) is 3.51. The van der Waals surface area contributed by atoms with Crippen LogP contribution in [0.3, 0.4) is 0 Å². The van der Waals surface area contributed by atoms with E-state index in [1.165, 1.54) is 67.2 Å². The van der Waals surface area contributed by atoms with Crippen molar-refractivity contribution in [2.75, 3.05) is 18.5 Å². The first-order valence-electron chi connectivity index (χ1n) is 7.77. The number of aromatic nitrogens is 1. The van der Waals surface area contributed by atoms with Gasteiger partial charge in [0.25, 0.3) is 0 Å². The van der Waals surface area contributed by atoms with Crippen molar-refractivity contribution in [1.82, 2.24) is 10.3 Å². The molecule has 3 rings (SSSR count). The smallest absolute Gasteiger partial charge is 0.186 e. The van der Waals surface area contributed by atoms with Gasteiger partial charge in [0.15, 0.2) is 5.13 Å². The summed E-state index contributed by atoms with van der Waals surface area (Å²) >= 11 is 1.95. The second-order valence-electron chi connectivity index (χ2n) is 5.79. The molecule has 1 aliphatic carbocycles. The van der Waals surface area contributed by atoms with Crippen LogP contribution in [0.5, 0.6) is 0 Å². The summed E-state index contributed by atoms with van der Waals surface area (Å²) in [7, 11) is 2.06. The molecule has 19 heavy (non-hydrogen) atoms. The number of nitrogens with one attached hydrogen (secondary N) is 1. The third-order valence-electron chi connectivity index (χ3n) is 4.64. The Morgan fingerprint density at radius 2 is 2.21 bits per heavy atom. The highest BCUT2D eigenvalue weighted by Gasteiger charge is 2.28. The van der Waals surface area contributed by atoms with Gasteiger partial charge in [-0.1, -0.05) is 6.92 Å². The van der Waals surface area contributed by atoms with Crippen LogP contribution in [0, 0.1) is 0 Å². The lowest BCUT2D eigenvalue weighted by Gasteiger charge is -2.35. The lowest BCUT2D eigenvalue weighted by atomic mass is 9.98. The third-order valence-corrected chi connectivity index (χ3v) is 5.80. The highest BCUT2D eigenvalue weighted by molar-refractivity contribution is 7.15. The highest BCUT2D eigenvalue weighted by Crippen LogP contribution is 2.38. The Morgan fingerprint density at radius 3 is 3.00 bits per heavy atom. The molecule has 106 valence electrons. The number of anilines is 1. The van der Waals surface area contributed by atoms with Gasteiger partial charge in [0, 0.05) is 17.5 Å². The number of aryl methyl sites for hydroxylation is 1. The van der Waals surface area contributed by atoms with Crippen molar-refractivity contribution in [2.24, 2.45) is 0 Å². The molecule has 2 atom stereocenters. The fraction of sp³-hybridized carbons (Fsp3) is 0.800. The molecule has 4 heteroatoms. The van der Waals surface area contributed by atoms with Crippen molar-refractivity contribution >= 4 is 16.5 Å². The van der Waals surface area contributed by atoms with Crippen LogP contribution in [-0.2, 0) is 6.42 Å². The Hall–Kier alpha value is -0.610. The molecule has 0 amide bonds. The van der Waals surface area contributed by atoms with Gasteiger partial charge < -0.3 is 10.2 Å².